The van der Waals surface area contributed by atoms with E-state index in [1.54, 1.807) is 0 Å². The quantitative estimate of drug-likeness (QED) is 0.367. The van der Waals surface area contributed by atoms with Crippen LogP contribution < -0.4 is 0 Å². The average molecular weight is 302 g/mol. The third-order valence-corrected chi connectivity index (χ3v) is 2.96. The Kier molecular flexibility index (Phi) is 4.33. The number of carbonyl (C=O) groups excluding carboxylic acids is 2. The third kappa shape index (κ3) is 3.10. The Bertz CT molecular complexity index is 486. The van der Waals surface area contributed by atoms with Gasteiger partial charge in [-0.1, -0.05) is 0 Å². The summed E-state index contributed by atoms with van der Waals surface area (Å²) >= 11 is 3.04. The lowest BCUT2D eigenvalue weighted by Crippen LogP contribution is -2.06. The number of benzene rings is 1. The lowest BCUT2D eigenvalue weighted by Gasteiger charge is -2.05. The van der Waals surface area contributed by atoms with Crippen LogP contribution in [0.2, 0.25) is 0 Å². The molecule has 0 N–H and O–H groups in total. The summed E-state index contributed by atoms with van der Waals surface area (Å²) in [6.45, 7) is 0. The fourth-order valence-electron chi connectivity index (χ4n) is 1.25. The smallest absolute Gasteiger partial charge is 0.310 e. The van der Waals surface area contributed by atoms with Gasteiger partial charge < -0.3 is 4.74 Å². The zero-order valence-corrected chi connectivity index (χ0v) is 10.4. The zero-order chi connectivity index (χ0) is 13.0. The summed E-state index contributed by atoms with van der Waals surface area (Å²) in [4.78, 5) is 31.9. The van der Waals surface area contributed by atoms with Crippen LogP contribution in [0.5, 0.6) is 0 Å². The van der Waals surface area contributed by atoms with Gasteiger partial charge >= 0.3 is 5.97 Å². The van der Waals surface area contributed by atoms with E-state index in [-0.39, 0.29) is 22.1 Å². The molecule has 0 heterocycles. The summed E-state index contributed by atoms with van der Waals surface area (Å²) in [5.74, 6) is -0.539. The van der Waals surface area contributed by atoms with Crippen LogP contribution in [0.15, 0.2) is 16.6 Å². The van der Waals surface area contributed by atoms with Crippen molar-refractivity contribution in [3.05, 3.63) is 37.8 Å². The molecule has 0 unspecified atom stereocenters. The van der Waals surface area contributed by atoms with E-state index < -0.39 is 10.9 Å². The van der Waals surface area contributed by atoms with Gasteiger partial charge in [-0.2, -0.15) is 0 Å². The summed E-state index contributed by atoms with van der Waals surface area (Å²) in [5, 5.41) is 10.7. The van der Waals surface area contributed by atoms with E-state index in [0.717, 1.165) is 6.07 Å². The highest BCUT2D eigenvalue weighted by atomic mass is 79.9. The normalized spacial score (nSPS) is 9.76. The molecule has 0 spiro atoms. The van der Waals surface area contributed by atoms with E-state index in [2.05, 4.69) is 20.7 Å². The number of hydrogen-bond donors (Lipinski definition) is 0. The number of ether oxygens (including phenoxy) is 1. The molecule has 0 bridgehead atoms. The fourth-order valence-corrected chi connectivity index (χ4v) is 1.76. The molecule has 7 heteroatoms. The highest BCUT2D eigenvalue weighted by Crippen LogP contribution is 2.30. The van der Waals surface area contributed by atoms with E-state index in [1.165, 1.54) is 13.2 Å². The minimum absolute atomic E-state index is 0.138. The Morgan fingerprint density at radius 1 is 1.59 bits per heavy atom. The van der Waals surface area contributed by atoms with Crippen molar-refractivity contribution in [2.24, 2.45) is 0 Å². The van der Waals surface area contributed by atoms with Crippen LogP contribution in [0.25, 0.3) is 0 Å². The predicted octanol–water partition coefficient (Wildman–Crippen LogP) is 1.89. The number of methoxy groups -OCH3 is 1. The number of nitrogens with zero attached hydrogens (tertiary/aromatic N) is 1. The molecule has 0 atom stereocenters. The SMILES string of the molecule is COC(=O)Cc1cc(C=O)cc([N+](=O)[O-])c1Br. The van der Waals surface area contributed by atoms with Crippen molar-refractivity contribution >= 4 is 33.9 Å². The van der Waals surface area contributed by atoms with Crippen LogP contribution in [0.1, 0.15) is 15.9 Å². The summed E-state index contributed by atoms with van der Waals surface area (Å²) in [5.41, 5.74) is 0.223. The highest BCUT2D eigenvalue weighted by Gasteiger charge is 2.19. The van der Waals surface area contributed by atoms with Crippen LogP contribution in [-0.2, 0) is 16.0 Å². The third-order valence-electron chi connectivity index (χ3n) is 2.05. The Morgan fingerprint density at radius 2 is 2.24 bits per heavy atom. The first-order chi connectivity index (χ1) is 7.99. The van der Waals surface area contributed by atoms with Crippen molar-refractivity contribution in [1.82, 2.24) is 0 Å². The zero-order valence-electron chi connectivity index (χ0n) is 8.81. The van der Waals surface area contributed by atoms with Crippen LogP contribution in [-0.4, -0.2) is 24.3 Å². The van der Waals surface area contributed by atoms with Gasteiger partial charge in [0, 0.05) is 11.6 Å². The number of rotatable bonds is 4. The molecular formula is C10H8BrNO5. The minimum Gasteiger partial charge on any atom is -0.469 e. The fraction of sp³-hybridized carbons (Fsp3) is 0.200. The van der Waals surface area contributed by atoms with Crippen molar-refractivity contribution < 1.29 is 19.2 Å². The van der Waals surface area contributed by atoms with E-state index in [9.17, 15) is 19.7 Å². The largest absolute Gasteiger partial charge is 0.469 e. The first-order valence-corrected chi connectivity index (χ1v) is 5.27. The molecule has 0 aliphatic heterocycles. The first-order valence-electron chi connectivity index (χ1n) is 4.48. The molecule has 0 saturated carbocycles. The number of aldehydes is 1. The van der Waals surface area contributed by atoms with Crippen LogP contribution >= 0.6 is 15.9 Å². The summed E-state index contributed by atoms with van der Waals surface area (Å²) in [6.07, 6.45) is 0.347. The first kappa shape index (κ1) is 13.3. The van der Waals surface area contributed by atoms with E-state index >= 15 is 0 Å². The molecule has 0 saturated heterocycles. The van der Waals surface area contributed by atoms with Crippen LogP contribution in [0.4, 0.5) is 5.69 Å². The number of hydrogen-bond acceptors (Lipinski definition) is 5. The van der Waals surface area contributed by atoms with Gasteiger partial charge in [0.2, 0.25) is 0 Å². The monoisotopic (exact) mass is 301 g/mol. The maximum atomic E-state index is 11.1. The number of halogens is 1. The Hall–Kier alpha value is -1.76. The molecule has 0 radical (unpaired) electrons. The standard InChI is InChI=1S/C10H8BrNO5/c1-17-9(14)4-7-2-6(5-13)3-8(10(7)11)12(15)16/h2-3,5H,4H2,1H3. The van der Waals surface area contributed by atoms with Gasteiger partial charge in [0.1, 0.15) is 6.29 Å². The van der Waals surface area contributed by atoms with Crippen molar-refractivity contribution in [3.63, 3.8) is 0 Å². The van der Waals surface area contributed by atoms with Crippen molar-refractivity contribution in [1.29, 1.82) is 0 Å². The molecule has 1 aromatic carbocycles. The molecule has 1 aromatic rings. The summed E-state index contributed by atoms with van der Waals surface area (Å²) < 4.78 is 4.64. The van der Waals surface area contributed by atoms with Gasteiger partial charge in [0.05, 0.1) is 22.9 Å². The lowest BCUT2D eigenvalue weighted by atomic mass is 10.1. The second-order valence-electron chi connectivity index (χ2n) is 3.14. The maximum absolute atomic E-state index is 11.1. The Balaban J connectivity index is 3.28. The molecule has 1 rings (SSSR count). The maximum Gasteiger partial charge on any atom is 0.310 e. The number of nitro benzene ring substituents is 1. The Morgan fingerprint density at radius 3 is 2.71 bits per heavy atom. The van der Waals surface area contributed by atoms with Crippen LogP contribution in [0.3, 0.4) is 0 Å². The second kappa shape index (κ2) is 5.53. The second-order valence-corrected chi connectivity index (χ2v) is 3.93. The Labute approximate surface area is 105 Å². The topological polar surface area (TPSA) is 86.5 Å². The van der Waals surface area contributed by atoms with Gasteiger partial charge in [-0.3, -0.25) is 19.7 Å². The van der Waals surface area contributed by atoms with E-state index in [4.69, 9.17) is 0 Å². The molecule has 90 valence electrons. The molecule has 0 aliphatic rings. The average Bonchev–Trinajstić information content (AvgIpc) is 2.31. The number of esters is 1. The molecule has 0 aromatic heterocycles. The van der Waals surface area contributed by atoms with Crippen molar-refractivity contribution in [2.45, 2.75) is 6.42 Å². The summed E-state index contributed by atoms with van der Waals surface area (Å²) in [6, 6.07) is 2.54. The van der Waals surface area contributed by atoms with Gasteiger partial charge in [-0.15, -0.1) is 0 Å². The molecule has 6 nitrogen and oxygen atoms in total. The van der Waals surface area contributed by atoms with Gasteiger partial charge in [-0.05, 0) is 27.6 Å². The van der Waals surface area contributed by atoms with Crippen molar-refractivity contribution in [3.8, 4) is 0 Å². The van der Waals surface area contributed by atoms with Gasteiger partial charge in [0.15, 0.2) is 0 Å². The molecular weight excluding hydrogens is 294 g/mol. The van der Waals surface area contributed by atoms with Crippen LogP contribution in [0, 0.1) is 10.1 Å². The van der Waals surface area contributed by atoms with Gasteiger partial charge in [0.25, 0.3) is 5.69 Å². The number of carbonyl (C=O) groups is 2. The van der Waals surface area contributed by atoms with Gasteiger partial charge in [-0.25, -0.2) is 0 Å². The minimum atomic E-state index is -0.627. The highest BCUT2D eigenvalue weighted by molar-refractivity contribution is 9.10. The predicted molar refractivity (Wildman–Crippen MR) is 61.9 cm³/mol. The number of nitro groups is 1. The molecule has 17 heavy (non-hydrogen) atoms. The van der Waals surface area contributed by atoms with Crippen molar-refractivity contribution in [2.75, 3.05) is 7.11 Å². The summed E-state index contributed by atoms with van der Waals surface area (Å²) in [7, 11) is 1.22. The molecule has 0 aliphatic carbocycles. The lowest BCUT2D eigenvalue weighted by molar-refractivity contribution is -0.385. The van der Waals surface area contributed by atoms with E-state index in [1.807, 2.05) is 0 Å². The van der Waals surface area contributed by atoms with E-state index in [0.29, 0.717) is 11.8 Å². The molecule has 0 amide bonds. The molecule has 0 fully saturated rings.